The molecule has 1 heterocycles. The monoisotopic (exact) mass is 483 g/mol. The van der Waals surface area contributed by atoms with Crippen molar-refractivity contribution in [1.29, 1.82) is 5.26 Å². The first-order valence-corrected chi connectivity index (χ1v) is 12.4. The van der Waals surface area contributed by atoms with Gasteiger partial charge in [0.15, 0.2) is 0 Å². The quantitative estimate of drug-likeness (QED) is 0.487. The maximum Gasteiger partial charge on any atom is 0.246 e. The zero-order chi connectivity index (χ0) is 23.6. The Hall–Kier alpha value is -2.92. The Morgan fingerprint density at radius 2 is 1.88 bits per heavy atom. The molecule has 0 saturated carbocycles. The molecule has 0 N–H and O–H groups in total. The highest BCUT2D eigenvalue weighted by molar-refractivity contribution is 7.89. The molecule has 1 unspecified atom stereocenters. The van der Waals surface area contributed by atoms with E-state index in [0.717, 1.165) is 22.9 Å². The van der Waals surface area contributed by atoms with Crippen molar-refractivity contribution in [1.82, 2.24) is 4.31 Å². The van der Waals surface area contributed by atoms with Crippen LogP contribution in [0.4, 0.5) is 10.1 Å². The van der Waals surface area contributed by atoms with Crippen LogP contribution in [-0.2, 0) is 16.6 Å². The zero-order valence-electron chi connectivity index (χ0n) is 18.1. The third-order valence-corrected chi connectivity index (χ3v) is 8.24. The number of sulfonamides is 1. The standard InChI is InChI=1S/C25H23ClFN3O2S/c1-18-6-2-3-7-20(18)16-30(21-11-10-19(15-28)23(26)14-21)22-12-13-29(17-22)33(31,32)25-9-5-4-8-24(25)27/h2-11,14,22H,12-13,16-17H2,1H3. The molecular weight excluding hydrogens is 461 g/mol. The van der Waals surface area contributed by atoms with Crippen molar-refractivity contribution < 1.29 is 12.8 Å². The summed E-state index contributed by atoms with van der Waals surface area (Å²) in [6.07, 6.45) is 0.581. The third-order valence-electron chi connectivity index (χ3n) is 6.03. The molecule has 4 rings (SSSR count). The maximum atomic E-state index is 14.2. The average molecular weight is 484 g/mol. The van der Waals surface area contributed by atoms with E-state index >= 15 is 0 Å². The molecule has 0 bridgehead atoms. The van der Waals surface area contributed by atoms with E-state index in [-0.39, 0.29) is 24.0 Å². The van der Waals surface area contributed by atoms with Crippen molar-refractivity contribution in [3.8, 4) is 6.07 Å². The molecule has 5 nitrogen and oxygen atoms in total. The molecule has 3 aromatic rings. The number of anilines is 1. The molecule has 3 aromatic carbocycles. The van der Waals surface area contributed by atoms with Gasteiger partial charge >= 0.3 is 0 Å². The number of aryl methyl sites for hydroxylation is 1. The minimum Gasteiger partial charge on any atom is -0.363 e. The molecule has 0 spiro atoms. The lowest BCUT2D eigenvalue weighted by Crippen LogP contribution is -2.39. The van der Waals surface area contributed by atoms with Gasteiger partial charge in [-0.25, -0.2) is 12.8 Å². The Bertz CT molecular complexity index is 1320. The van der Waals surface area contributed by atoms with Crippen LogP contribution in [0, 0.1) is 24.1 Å². The first-order valence-electron chi connectivity index (χ1n) is 10.6. The van der Waals surface area contributed by atoms with Crippen LogP contribution in [-0.4, -0.2) is 31.9 Å². The summed E-state index contributed by atoms with van der Waals surface area (Å²) in [6, 6.07) is 20.6. The lowest BCUT2D eigenvalue weighted by Gasteiger charge is -2.32. The molecule has 33 heavy (non-hydrogen) atoms. The number of nitriles is 1. The number of nitrogens with zero attached hydrogens (tertiary/aromatic N) is 3. The van der Waals surface area contributed by atoms with E-state index in [0.29, 0.717) is 23.6 Å². The van der Waals surface area contributed by atoms with Crippen molar-refractivity contribution in [2.75, 3.05) is 18.0 Å². The van der Waals surface area contributed by atoms with Crippen molar-refractivity contribution in [2.45, 2.75) is 30.8 Å². The highest BCUT2D eigenvalue weighted by Crippen LogP contribution is 2.32. The highest BCUT2D eigenvalue weighted by Gasteiger charge is 2.36. The molecule has 1 aliphatic rings. The number of halogens is 2. The number of hydrogen-bond acceptors (Lipinski definition) is 4. The van der Waals surface area contributed by atoms with Crippen molar-refractivity contribution in [2.24, 2.45) is 0 Å². The minimum absolute atomic E-state index is 0.143. The molecule has 0 aliphatic carbocycles. The topological polar surface area (TPSA) is 64.4 Å². The van der Waals surface area contributed by atoms with Crippen molar-refractivity contribution >= 4 is 27.3 Å². The second-order valence-electron chi connectivity index (χ2n) is 8.07. The van der Waals surface area contributed by atoms with Gasteiger partial charge in [-0.1, -0.05) is 48.0 Å². The Labute approximate surface area is 198 Å². The molecule has 1 aliphatic heterocycles. The van der Waals surface area contributed by atoms with E-state index < -0.39 is 15.8 Å². The summed E-state index contributed by atoms with van der Waals surface area (Å²) >= 11 is 6.32. The smallest absolute Gasteiger partial charge is 0.246 e. The van der Waals surface area contributed by atoms with Gasteiger partial charge < -0.3 is 4.90 Å². The van der Waals surface area contributed by atoms with E-state index in [1.807, 2.05) is 37.3 Å². The van der Waals surface area contributed by atoms with Crippen LogP contribution >= 0.6 is 11.6 Å². The number of hydrogen-bond donors (Lipinski definition) is 0. The second kappa shape index (κ2) is 9.52. The first kappa shape index (κ1) is 23.2. The summed E-state index contributed by atoms with van der Waals surface area (Å²) in [6.45, 7) is 3.09. The summed E-state index contributed by atoms with van der Waals surface area (Å²) in [5, 5.41) is 9.58. The molecule has 1 saturated heterocycles. The summed E-state index contributed by atoms with van der Waals surface area (Å²) < 4.78 is 41.8. The van der Waals surface area contributed by atoms with E-state index in [1.165, 1.54) is 22.5 Å². The summed E-state index contributed by atoms with van der Waals surface area (Å²) in [5.74, 6) is -0.753. The SMILES string of the molecule is Cc1ccccc1CN(c1ccc(C#N)c(Cl)c1)C1CCN(S(=O)(=O)c2ccccc2F)C1. The van der Waals surface area contributed by atoms with Crippen LogP contribution in [0.1, 0.15) is 23.1 Å². The maximum absolute atomic E-state index is 14.2. The van der Waals surface area contributed by atoms with Gasteiger partial charge in [0.1, 0.15) is 16.8 Å². The normalized spacial score (nSPS) is 16.5. The van der Waals surface area contributed by atoms with Gasteiger partial charge in [0.2, 0.25) is 10.0 Å². The Morgan fingerprint density at radius 3 is 2.58 bits per heavy atom. The van der Waals surface area contributed by atoms with Crippen LogP contribution in [0.5, 0.6) is 0 Å². The van der Waals surface area contributed by atoms with E-state index in [2.05, 4.69) is 11.0 Å². The number of benzene rings is 3. The Kier molecular flexibility index (Phi) is 6.71. The predicted octanol–water partition coefficient (Wildman–Crippen LogP) is 5.13. The van der Waals surface area contributed by atoms with Crippen LogP contribution < -0.4 is 4.90 Å². The van der Waals surface area contributed by atoms with Gasteiger partial charge in [0, 0.05) is 31.4 Å². The van der Waals surface area contributed by atoms with Crippen LogP contribution in [0.15, 0.2) is 71.6 Å². The van der Waals surface area contributed by atoms with Gasteiger partial charge in [-0.05, 0) is 54.8 Å². The molecule has 0 radical (unpaired) electrons. The van der Waals surface area contributed by atoms with Crippen molar-refractivity contribution in [3.05, 3.63) is 94.3 Å². The van der Waals surface area contributed by atoms with Crippen LogP contribution in [0.3, 0.4) is 0 Å². The fourth-order valence-electron chi connectivity index (χ4n) is 4.15. The summed E-state index contributed by atoms with van der Waals surface area (Å²) in [4.78, 5) is 1.81. The fraction of sp³-hybridized carbons (Fsp3) is 0.240. The zero-order valence-corrected chi connectivity index (χ0v) is 19.7. The predicted molar refractivity (Wildman–Crippen MR) is 127 cm³/mol. The van der Waals surface area contributed by atoms with Gasteiger partial charge in [0.05, 0.1) is 10.6 Å². The van der Waals surface area contributed by atoms with Gasteiger partial charge in [-0.2, -0.15) is 9.57 Å². The van der Waals surface area contributed by atoms with Crippen LogP contribution in [0.2, 0.25) is 5.02 Å². The summed E-state index contributed by atoms with van der Waals surface area (Å²) in [5.41, 5.74) is 3.41. The molecule has 8 heteroatoms. The van der Waals surface area contributed by atoms with E-state index in [1.54, 1.807) is 12.1 Å². The molecule has 0 amide bonds. The molecule has 0 aromatic heterocycles. The summed E-state index contributed by atoms with van der Waals surface area (Å²) in [7, 11) is -3.96. The van der Waals surface area contributed by atoms with Crippen molar-refractivity contribution in [3.63, 3.8) is 0 Å². The largest absolute Gasteiger partial charge is 0.363 e. The Balaban J connectivity index is 1.67. The molecule has 170 valence electrons. The molecule has 1 atom stereocenters. The highest BCUT2D eigenvalue weighted by atomic mass is 35.5. The average Bonchev–Trinajstić information content (AvgIpc) is 3.29. The molecule has 1 fully saturated rings. The van der Waals surface area contributed by atoms with Gasteiger partial charge in [0.25, 0.3) is 0 Å². The third kappa shape index (κ3) is 4.74. The fourth-order valence-corrected chi connectivity index (χ4v) is 5.93. The lowest BCUT2D eigenvalue weighted by molar-refractivity contribution is 0.461. The van der Waals surface area contributed by atoms with E-state index in [9.17, 15) is 18.1 Å². The van der Waals surface area contributed by atoms with E-state index in [4.69, 9.17) is 11.6 Å². The van der Waals surface area contributed by atoms with Gasteiger partial charge in [-0.3, -0.25) is 0 Å². The van der Waals surface area contributed by atoms with Crippen LogP contribution in [0.25, 0.3) is 0 Å². The number of rotatable bonds is 6. The first-order chi connectivity index (χ1) is 15.8. The minimum atomic E-state index is -3.96. The van der Waals surface area contributed by atoms with Gasteiger partial charge in [-0.15, -0.1) is 0 Å². The Morgan fingerprint density at radius 1 is 1.15 bits per heavy atom. The second-order valence-corrected chi connectivity index (χ2v) is 10.4. The lowest BCUT2D eigenvalue weighted by atomic mass is 10.1. The molecular formula is C25H23ClFN3O2S.